The number of rotatable bonds is 8. The van der Waals surface area contributed by atoms with Crippen molar-refractivity contribution in [2.24, 2.45) is 7.05 Å². The van der Waals surface area contributed by atoms with Crippen LogP contribution in [0.25, 0.3) is 27.9 Å². The molecule has 0 saturated carbocycles. The first kappa shape index (κ1) is 25.8. The maximum Gasteiger partial charge on any atom is 0.320 e. The number of aryl methyl sites for hydroxylation is 1. The van der Waals surface area contributed by atoms with Crippen molar-refractivity contribution < 1.29 is 13.9 Å². The van der Waals surface area contributed by atoms with Gasteiger partial charge in [0.1, 0.15) is 17.1 Å². The predicted molar refractivity (Wildman–Crippen MR) is 154 cm³/mol. The van der Waals surface area contributed by atoms with Gasteiger partial charge in [0.05, 0.1) is 30.8 Å². The van der Waals surface area contributed by atoms with E-state index in [0.29, 0.717) is 12.4 Å². The number of benzene rings is 2. The highest BCUT2D eigenvalue weighted by atomic mass is 16.5. The summed E-state index contributed by atoms with van der Waals surface area (Å²) in [6, 6.07) is 17.7. The van der Waals surface area contributed by atoms with Gasteiger partial charge in [-0.1, -0.05) is 24.3 Å². The number of para-hydroxylation sites is 1. The molecule has 10 nitrogen and oxygen atoms in total. The number of likely N-dealkylation sites (tertiary alicyclic amines) is 1. The average Bonchev–Trinajstić information content (AvgIpc) is 3.75. The number of carbonyl (C=O) groups excluding carboxylic acids is 1. The van der Waals surface area contributed by atoms with Crippen molar-refractivity contribution in [3.63, 3.8) is 0 Å². The lowest BCUT2D eigenvalue weighted by molar-refractivity contribution is 0.159. The number of hydrogen-bond donors (Lipinski definition) is 2. The SMILES string of the molecule is COCCN1CC(c2ccc3occc3c2)[C@H](NC(=O)Nc2c(C)c(-c3cnn(C)c3)nn2-c2ccccc2)C1. The van der Waals surface area contributed by atoms with Crippen molar-refractivity contribution in [3.05, 3.63) is 84.4 Å². The summed E-state index contributed by atoms with van der Waals surface area (Å²) < 4.78 is 14.4. The van der Waals surface area contributed by atoms with E-state index in [2.05, 4.69) is 32.8 Å². The Morgan fingerprint density at radius 2 is 2.00 bits per heavy atom. The molecule has 1 aliphatic rings. The monoisotopic (exact) mass is 539 g/mol. The van der Waals surface area contributed by atoms with Gasteiger partial charge in [-0.15, -0.1) is 0 Å². The summed E-state index contributed by atoms with van der Waals surface area (Å²) in [5, 5.41) is 16.6. The molecule has 6 rings (SSSR count). The van der Waals surface area contributed by atoms with Gasteiger partial charge in [0.25, 0.3) is 0 Å². The number of nitrogens with zero attached hydrogens (tertiary/aromatic N) is 5. The molecule has 2 atom stereocenters. The Labute approximate surface area is 232 Å². The van der Waals surface area contributed by atoms with Crippen LogP contribution in [0.5, 0.6) is 0 Å². The smallest absolute Gasteiger partial charge is 0.320 e. The quantitative estimate of drug-likeness (QED) is 0.300. The molecule has 0 spiro atoms. The zero-order chi connectivity index (χ0) is 27.6. The van der Waals surface area contributed by atoms with E-state index < -0.39 is 0 Å². The van der Waals surface area contributed by atoms with Crippen LogP contribution in [0.3, 0.4) is 0 Å². The van der Waals surface area contributed by atoms with Gasteiger partial charge in [-0.25, -0.2) is 9.48 Å². The second-order valence-electron chi connectivity index (χ2n) is 10.3. The van der Waals surface area contributed by atoms with E-state index >= 15 is 0 Å². The van der Waals surface area contributed by atoms with Crippen molar-refractivity contribution in [2.45, 2.75) is 18.9 Å². The van der Waals surface area contributed by atoms with Crippen LogP contribution in [0.4, 0.5) is 10.6 Å². The first-order valence-corrected chi connectivity index (χ1v) is 13.4. The summed E-state index contributed by atoms with van der Waals surface area (Å²) in [4.78, 5) is 15.9. The standard InChI is InChI=1S/C30H33N7O3/c1-20-28(23-16-31-35(2)17-23)34-37(24-7-5-4-6-8-24)29(20)33-30(38)32-26-19-36(12-14-39-3)18-25(26)21-9-10-27-22(15-21)11-13-40-27/h4-11,13,15-17,25-26H,12,14,18-19H2,1-3H3,(H2,32,33,38)/t25?,26-/m1/s1. The van der Waals surface area contributed by atoms with Gasteiger partial charge in [0, 0.05) is 62.4 Å². The van der Waals surface area contributed by atoms with Gasteiger partial charge < -0.3 is 14.5 Å². The van der Waals surface area contributed by atoms with Crippen molar-refractivity contribution in [1.29, 1.82) is 0 Å². The third-order valence-corrected chi connectivity index (χ3v) is 7.56. The number of furan rings is 1. The summed E-state index contributed by atoms with van der Waals surface area (Å²) >= 11 is 0. The maximum atomic E-state index is 13.6. The van der Waals surface area contributed by atoms with Crippen molar-refractivity contribution in [3.8, 4) is 16.9 Å². The molecule has 0 aliphatic carbocycles. The van der Waals surface area contributed by atoms with Crippen LogP contribution in [0.15, 0.2) is 77.7 Å². The Bertz CT molecular complexity index is 1620. The molecule has 40 heavy (non-hydrogen) atoms. The zero-order valence-electron chi connectivity index (χ0n) is 22.9. The third kappa shape index (κ3) is 5.11. The highest BCUT2D eigenvalue weighted by Crippen LogP contribution is 2.32. The van der Waals surface area contributed by atoms with Gasteiger partial charge in [-0.05, 0) is 42.8 Å². The van der Waals surface area contributed by atoms with Crippen LogP contribution in [0, 0.1) is 6.92 Å². The maximum absolute atomic E-state index is 13.6. The Morgan fingerprint density at radius 3 is 2.77 bits per heavy atom. The van der Waals surface area contributed by atoms with E-state index in [4.69, 9.17) is 14.3 Å². The third-order valence-electron chi connectivity index (χ3n) is 7.56. The average molecular weight is 540 g/mol. The van der Waals surface area contributed by atoms with Crippen LogP contribution in [0.2, 0.25) is 0 Å². The minimum Gasteiger partial charge on any atom is -0.464 e. The Morgan fingerprint density at radius 1 is 1.15 bits per heavy atom. The fourth-order valence-corrected chi connectivity index (χ4v) is 5.52. The number of hydrogen-bond acceptors (Lipinski definition) is 6. The minimum atomic E-state index is -0.272. The number of urea groups is 1. The Kier molecular flexibility index (Phi) is 7.10. The second-order valence-corrected chi connectivity index (χ2v) is 10.3. The highest BCUT2D eigenvalue weighted by Gasteiger charge is 2.35. The van der Waals surface area contributed by atoms with Gasteiger partial charge in [-0.2, -0.15) is 10.2 Å². The first-order chi connectivity index (χ1) is 19.5. The molecular weight excluding hydrogens is 506 g/mol. The highest BCUT2D eigenvalue weighted by molar-refractivity contribution is 5.91. The lowest BCUT2D eigenvalue weighted by atomic mass is 9.93. The largest absolute Gasteiger partial charge is 0.464 e. The number of ether oxygens (including phenoxy) is 1. The Balaban J connectivity index is 1.28. The zero-order valence-corrected chi connectivity index (χ0v) is 22.9. The van der Waals surface area contributed by atoms with Gasteiger partial charge >= 0.3 is 6.03 Å². The molecule has 3 aromatic heterocycles. The topological polar surface area (TPSA) is 102 Å². The molecule has 0 radical (unpaired) electrons. The van der Waals surface area contributed by atoms with Gasteiger partial charge in [0.15, 0.2) is 0 Å². The predicted octanol–water partition coefficient (Wildman–Crippen LogP) is 4.56. The molecule has 0 bridgehead atoms. The normalized spacial score (nSPS) is 17.5. The lowest BCUT2D eigenvalue weighted by Gasteiger charge is -2.21. The van der Waals surface area contributed by atoms with E-state index in [-0.39, 0.29) is 18.0 Å². The number of aromatic nitrogens is 4. The van der Waals surface area contributed by atoms with E-state index in [1.54, 1.807) is 28.9 Å². The number of anilines is 1. The molecule has 2 aromatic carbocycles. The summed E-state index contributed by atoms with van der Waals surface area (Å²) in [5.74, 6) is 0.737. The van der Waals surface area contributed by atoms with E-state index in [9.17, 15) is 4.79 Å². The number of amides is 2. The molecule has 10 heteroatoms. The molecule has 1 fully saturated rings. The van der Waals surface area contributed by atoms with E-state index in [0.717, 1.165) is 53.1 Å². The fraction of sp³-hybridized carbons (Fsp3) is 0.300. The number of nitrogens with one attached hydrogen (secondary N) is 2. The number of fused-ring (bicyclic) bond motifs is 1. The van der Waals surface area contributed by atoms with Crippen molar-refractivity contribution in [1.82, 2.24) is 29.8 Å². The molecule has 2 amide bonds. The van der Waals surface area contributed by atoms with Gasteiger partial charge in [0.2, 0.25) is 0 Å². The van der Waals surface area contributed by atoms with Crippen LogP contribution in [-0.4, -0.2) is 69.9 Å². The molecule has 2 N–H and O–H groups in total. The molecule has 1 saturated heterocycles. The molecule has 5 aromatic rings. The van der Waals surface area contributed by atoms with Crippen LogP contribution in [-0.2, 0) is 11.8 Å². The fourth-order valence-electron chi connectivity index (χ4n) is 5.52. The van der Waals surface area contributed by atoms with E-state index in [1.165, 1.54) is 5.56 Å². The molecule has 1 unspecified atom stereocenters. The van der Waals surface area contributed by atoms with Crippen LogP contribution < -0.4 is 10.6 Å². The van der Waals surface area contributed by atoms with Gasteiger partial charge in [-0.3, -0.25) is 14.9 Å². The van der Waals surface area contributed by atoms with Crippen LogP contribution in [0.1, 0.15) is 17.0 Å². The number of methoxy groups -OCH3 is 1. The minimum absolute atomic E-state index is 0.0904. The second kappa shape index (κ2) is 11.0. The summed E-state index contributed by atoms with van der Waals surface area (Å²) in [7, 11) is 3.58. The Hall–Kier alpha value is -4.41. The number of carbonyl (C=O) groups is 1. The molecule has 206 valence electrons. The molecular formula is C30H33N7O3. The van der Waals surface area contributed by atoms with E-state index in [1.807, 2.05) is 62.6 Å². The summed E-state index contributed by atoms with van der Waals surface area (Å²) in [6.45, 7) is 4.95. The van der Waals surface area contributed by atoms with Crippen molar-refractivity contribution in [2.75, 3.05) is 38.7 Å². The lowest BCUT2D eigenvalue weighted by Crippen LogP contribution is -2.42. The molecule has 1 aliphatic heterocycles. The summed E-state index contributed by atoms with van der Waals surface area (Å²) in [6.07, 6.45) is 5.40. The summed E-state index contributed by atoms with van der Waals surface area (Å²) in [5.41, 5.74) is 5.40. The first-order valence-electron chi connectivity index (χ1n) is 13.4. The van der Waals surface area contributed by atoms with Crippen molar-refractivity contribution >= 4 is 22.8 Å². The van der Waals surface area contributed by atoms with Crippen LogP contribution >= 0.6 is 0 Å². The molecule has 4 heterocycles.